The smallest absolute Gasteiger partial charge is 0.413 e. The maximum atomic E-state index is 13.9. The molecule has 1 fully saturated rings. The van der Waals surface area contributed by atoms with Gasteiger partial charge in [0.25, 0.3) is 0 Å². The highest BCUT2D eigenvalue weighted by Crippen LogP contribution is 2.27. The van der Waals surface area contributed by atoms with E-state index >= 15 is 0 Å². The summed E-state index contributed by atoms with van der Waals surface area (Å²) in [5.74, 6) is -0.426. The van der Waals surface area contributed by atoms with Crippen LogP contribution in [0.4, 0.5) is 14.9 Å². The molecule has 1 saturated heterocycles. The molecule has 1 aliphatic heterocycles. The number of carbonyl (C=O) groups excluding carboxylic acids is 1. The van der Waals surface area contributed by atoms with Crippen LogP contribution in [0.3, 0.4) is 0 Å². The molecule has 0 bridgehead atoms. The molecule has 1 heterocycles. The highest BCUT2D eigenvalue weighted by Gasteiger charge is 2.39. The van der Waals surface area contributed by atoms with Crippen molar-refractivity contribution in [2.75, 3.05) is 18.4 Å². The van der Waals surface area contributed by atoms with E-state index in [2.05, 4.69) is 19.2 Å². The van der Waals surface area contributed by atoms with E-state index in [9.17, 15) is 17.6 Å². The van der Waals surface area contributed by atoms with Crippen molar-refractivity contribution >= 4 is 21.8 Å². The number of benzene rings is 2. The summed E-state index contributed by atoms with van der Waals surface area (Å²) in [6.07, 6.45) is -0.513. The molecule has 3 N–H and O–H groups in total. The normalized spacial score (nSPS) is 17.0. The van der Waals surface area contributed by atoms with E-state index in [0.29, 0.717) is 11.6 Å². The third-order valence-electron chi connectivity index (χ3n) is 5.14. The second kappa shape index (κ2) is 8.71. The van der Waals surface area contributed by atoms with Gasteiger partial charge in [0.1, 0.15) is 10.7 Å². The monoisotopic (exact) mass is 435 g/mol. The van der Waals surface area contributed by atoms with Crippen molar-refractivity contribution in [2.45, 2.75) is 43.2 Å². The van der Waals surface area contributed by atoms with E-state index in [-0.39, 0.29) is 30.8 Å². The maximum absolute atomic E-state index is 13.9. The van der Waals surface area contributed by atoms with Crippen molar-refractivity contribution in [3.05, 3.63) is 59.9 Å². The predicted molar refractivity (Wildman–Crippen MR) is 112 cm³/mol. The van der Waals surface area contributed by atoms with Gasteiger partial charge in [0, 0.05) is 31.6 Å². The molecule has 0 spiro atoms. The number of sulfonamides is 1. The fourth-order valence-corrected chi connectivity index (χ4v) is 4.79. The number of carbonyl (C=O) groups is 1. The molecule has 0 radical (unpaired) electrons. The molecule has 0 aliphatic carbocycles. The number of hydrogen-bond donors (Lipinski definition) is 2. The standard InChI is InChI=1S/C21H26FN3O4S/c1-15(2)16-7-9-17(10-8-16)24-20(26)29-21(23)11-13-25(14-12-21)30(27,28)19-6-4-3-5-18(19)22/h3-10,15H,11-14,23H2,1-2H3,(H,24,26). The highest BCUT2D eigenvalue weighted by atomic mass is 32.2. The molecule has 0 saturated carbocycles. The summed E-state index contributed by atoms with van der Waals surface area (Å²) in [5, 5.41) is 2.63. The van der Waals surface area contributed by atoms with Crippen molar-refractivity contribution in [1.29, 1.82) is 0 Å². The number of nitrogens with two attached hydrogens (primary N) is 1. The molecule has 0 aromatic heterocycles. The van der Waals surface area contributed by atoms with Crippen LogP contribution in [0.5, 0.6) is 0 Å². The molecule has 2 aromatic carbocycles. The maximum Gasteiger partial charge on any atom is 0.413 e. The van der Waals surface area contributed by atoms with Crippen LogP contribution in [0.15, 0.2) is 53.4 Å². The molecule has 1 aliphatic rings. The SMILES string of the molecule is CC(C)c1ccc(NC(=O)OC2(N)CCN(S(=O)(=O)c3ccccc3F)CC2)cc1. The quantitative estimate of drug-likeness (QED) is 0.698. The zero-order valence-electron chi connectivity index (χ0n) is 17.0. The molecule has 0 unspecified atom stereocenters. The Balaban J connectivity index is 1.59. The summed E-state index contributed by atoms with van der Waals surface area (Å²) in [6, 6.07) is 12.6. The number of amides is 1. The first kappa shape index (κ1) is 22.2. The fourth-order valence-electron chi connectivity index (χ4n) is 3.28. The van der Waals surface area contributed by atoms with Crippen LogP contribution in [-0.4, -0.2) is 37.6 Å². The Bertz CT molecular complexity index is 1000. The summed E-state index contributed by atoms with van der Waals surface area (Å²) in [6.45, 7) is 4.19. The molecule has 0 atom stereocenters. The Kier molecular flexibility index (Phi) is 6.44. The average Bonchev–Trinajstić information content (AvgIpc) is 2.68. The van der Waals surface area contributed by atoms with Crippen molar-refractivity contribution in [1.82, 2.24) is 4.31 Å². The van der Waals surface area contributed by atoms with E-state index in [0.717, 1.165) is 15.9 Å². The van der Waals surface area contributed by atoms with Crippen LogP contribution in [0, 0.1) is 5.82 Å². The minimum Gasteiger partial charge on any atom is -0.428 e. The molecule has 30 heavy (non-hydrogen) atoms. The lowest BCUT2D eigenvalue weighted by Gasteiger charge is -2.37. The Morgan fingerprint density at radius 1 is 1.13 bits per heavy atom. The Hall–Kier alpha value is -2.49. The minimum atomic E-state index is -3.98. The van der Waals surface area contributed by atoms with Gasteiger partial charge in [-0.3, -0.25) is 11.1 Å². The van der Waals surface area contributed by atoms with Gasteiger partial charge < -0.3 is 4.74 Å². The number of nitrogens with one attached hydrogen (secondary N) is 1. The number of hydrogen-bond acceptors (Lipinski definition) is 5. The molecule has 1 amide bonds. The number of halogens is 1. The number of ether oxygens (including phenoxy) is 1. The molecule has 9 heteroatoms. The van der Waals surface area contributed by atoms with Gasteiger partial charge in [-0.25, -0.2) is 17.6 Å². The van der Waals surface area contributed by atoms with Crippen LogP contribution in [-0.2, 0) is 14.8 Å². The van der Waals surface area contributed by atoms with Crippen LogP contribution < -0.4 is 11.1 Å². The third-order valence-corrected chi connectivity index (χ3v) is 7.07. The Morgan fingerprint density at radius 3 is 2.30 bits per heavy atom. The summed E-state index contributed by atoms with van der Waals surface area (Å²) in [5.41, 5.74) is 6.59. The van der Waals surface area contributed by atoms with Gasteiger partial charge in [-0.05, 0) is 35.7 Å². The number of piperidine rings is 1. The second-order valence-electron chi connectivity index (χ2n) is 7.69. The Morgan fingerprint density at radius 2 is 1.73 bits per heavy atom. The lowest BCUT2D eigenvalue weighted by molar-refractivity contribution is -0.0116. The Labute approximate surface area is 176 Å². The van der Waals surface area contributed by atoms with E-state index in [4.69, 9.17) is 10.5 Å². The summed E-state index contributed by atoms with van der Waals surface area (Å²) >= 11 is 0. The fraction of sp³-hybridized carbons (Fsp3) is 0.381. The topological polar surface area (TPSA) is 102 Å². The van der Waals surface area contributed by atoms with E-state index in [1.807, 2.05) is 12.1 Å². The van der Waals surface area contributed by atoms with Crippen LogP contribution in [0.25, 0.3) is 0 Å². The molecular weight excluding hydrogens is 409 g/mol. The largest absolute Gasteiger partial charge is 0.428 e. The zero-order valence-corrected chi connectivity index (χ0v) is 17.8. The first-order chi connectivity index (χ1) is 14.1. The predicted octanol–water partition coefficient (Wildman–Crippen LogP) is 3.64. The number of nitrogens with zero attached hydrogens (tertiary/aromatic N) is 1. The molecule has 3 rings (SSSR count). The molecule has 2 aromatic rings. The van der Waals surface area contributed by atoms with Gasteiger partial charge in [-0.1, -0.05) is 38.1 Å². The van der Waals surface area contributed by atoms with Gasteiger partial charge in [0.05, 0.1) is 0 Å². The van der Waals surface area contributed by atoms with E-state index in [1.165, 1.54) is 18.2 Å². The summed E-state index contributed by atoms with van der Waals surface area (Å²) < 4.78 is 45.8. The highest BCUT2D eigenvalue weighted by molar-refractivity contribution is 7.89. The molecule has 7 nitrogen and oxygen atoms in total. The van der Waals surface area contributed by atoms with Gasteiger partial charge in [0.15, 0.2) is 5.72 Å². The molecule has 162 valence electrons. The van der Waals surface area contributed by atoms with Crippen LogP contribution in [0.1, 0.15) is 38.2 Å². The van der Waals surface area contributed by atoms with Crippen molar-refractivity contribution in [3.8, 4) is 0 Å². The average molecular weight is 436 g/mol. The summed E-state index contributed by atoms with van der Waals surface area (Å²) in [7, 11) is -3.98. The van der Waals surface area contributed by atoms with Crippen LogP contribution in [0.2, 0.25) is 0 Å². The van der Waals surface area contributed by atoms with E-state index in [1.54, 1.807) is 12.1 Å². The number of anilines is 1. The van der Waals surface area contributed by atoms with E-state index < -0.39 is 27.7 Å². The third kappa shape index (κ3) is 4.97. The van der Waals surface area contributed by atoms with Crippen molar-refractivity contribution in [2.24, 2.45) is 5.73 Å². The second-order valence-corrected chi connectivity index (χ2v) is 9.60. The van der Waals surface area contributed by atoms with Gasteiger partial charge in [-0.15, -0.1) is 0 Å². The molecular formula is C21H26FN3O4S. The first-order valence-corrected chi connectivity index (χ1v) is 11.2. The zero-order chi connectivity index (χ0) is 21.9. The van der Waals surface area contributed by atoms with Crippen molar-refractivity contribution in [3.63, 3.8) is 0 Å². The van der Waals surface area contributed by atoms with Gasteiger partial charge >= 0.3 is 6.09 Å². The summed E-state index contributed by atoms with van der Waals surface area (Å²) in [4.78, 5) is 11.9. The lowest BCUT2D eigenvalue weighted by atomic mass is 10.0. The van der Waals surface area contributed by atoms with Gasteiger partial charge in [-0.2, -0.15) is 4.31 Å². The van der Waals surface area contributed by atoms with Gasteiger partial charge in [0.2, 0.25) is 10.0 Å². The number of rotatable bonds is 5. The minimum absolute atomic E-state index is 0.0174. The lowest BCUT2D eigenvalue weighted by Crippen LogP contribution is -2.54. The van der Waals surface area contributed by atoms with Crippen LogP contribution >= 0.6 is 0 Å². The first-order valence-electron chi connectivity index (χ1n) is 9.74. The van der Waals surface area contributed by atoms with Crippen molar-refractivity contribution < 1.29 is 22.3 Å².